The van der Waals surface area contributed by atoms with Crippen LogP contribution in [0.25, 0.3) is 0 Å². The second-order valence-corrected chi connectivity index (χ2v) is 4.44. The zero-order chi connectivity index (χ0) is 12.0. The molecule has 0 aromatic rings. The number of rotatable bonds is 5. The molecule has 1 heterocycles. The number of hydrogen-bond donors (Lipinski definition) is 1. The van der Waals surface area contributed by atoms with E-state index in [0.29, 0.717) is 19.2 Å². The van der Waals surface area contributed by atoms with Crippen LogP contribution in [0.2, 0.25) is 0 Å². The van der Waals surface area contributed by atoms with E-state index in [4.69, 9.17) is 10.5 Å². The molecule has 1 fully saturated rings. The Morgan fingerprint density at radius 2 is 2.31 bits per heavy atom. The molecule has 1 rings (SSSR count). The van der Waals surface area contributed by atoms with E-state index in [9.17, 15) is 4.79 Å². The Hall–Kier alpha value is -0.650. The van der Waals surface area contributed by atoms with E-state index in [1.807, 2.05) is 4.90 Å². The molecule has 1 aliphatic heterocycles. The summed E-state index contributed by atoms with van der Waals surface area (Å²) in [6, 6.07) is 0.479. The first kappa shape index (κ1) is 13.4. The van der Waals surface area contributed by atoms with Crippen molar-refractivity contribution >= 4 is 5.91 Å². The maximum absolute atomic E-state index is 11.8. The molecule has 16 heavy (non-hydrogen) atoms. The standard InChI is InChI=1S/C11H23N3O2/c1-13(2)10-4-3-6-14(8-10)11(15)9-16-7-5-12/h10H,3-9,12H2,1-2H3. The zero-order valence-electron chi connectivity index (χ0n) is 10.3. The minimum absolute atomic E-state index is 0.0833. The number of carbonyl (C=O) groups excluding carboxylic acids is 1. The molecule has 0 saturated carbocycles. The number of hydrogen-bond acceptors (Lipinski definition) is 4. The van der Waals surface area contributed by atoms with Gasteiger partial charge in [0.15, 0.2) is 0 Å². The molecule has 1 aliphatic rings. The highest BCUT2D eigenvalue weighted by Gasteiger charge is 2.24. The third-order valence-electron chi connectivity index (χ3n) is 2.97. The van der Waals surface area contributed by atoms with Gasteiger partial charge < -0.3 is 20.3 Å². The van der Waals surface area contributed by atoms with E-state index in [1.54, 1.807) is 0 Å². The fourth-order valence-electron chi connectivity index (χ4n) is 1.94. The lowest BCUT2D eigenvalue weighted by Gasteiger charge is -2.36. The minimum Gasteiger partial charge on any atom is -0.370 e. The summed E-state index contributed by atoms with van der Waals surface area (Å²) in [4.78, 5) is 15.9. The van der Waals surface area contributed by atoms with Gasteiger partial charge in [-0.2, -0.15) is 0 Å². The summed E-state index contributed by atoms with van der Waals surface area (Å²) in [5.74, 6) is 0.0833. The SMILES string of the molecule is CN(C)C1CCCN(C(=O)COCCN)C1. The van der Waals surface area contributed by atoms with Gasteiger partial charge in [0.1, 0.15) is 6.61 Å². The molecule has 0 spiro atoms. The van der Waals surface area contributed by atoms with Crippen molar-refractivity contribution in [3.63, 3.8) is 0 Å². The molecule has 1 unspecified atom stereocenters. The number of piperidine rings is 1. The molecule has 1 amide bonds. The van der Waals surface area contributed by atoms with Crippen molar-refractivity contribution in [2.24, 2.45) is 5.73 Å². The topological polar surface area (TPSA) is 58.8 Å². The first-order valence-electron chi connectivity index (χ1n) is 5.87. The average Bonchev–Trinajstić information content (AvgIpc) is 2.29. The van der Waals surface area contributed by atoms with Crippen molar-refractivity contribution in [2.45, 2.75) is 18.9 Å². The van der Waals surface area contributed by atoms with Crippen LogP contribution in [0, 0.1) is 0 Å². The van der Waals surface area contributed by atoms with Gasteiger partial charge in [-0.3, -0.25) is 4.79 Å². The maximum atomic E-state index is 11.8. The molecule has 5 nitrogen and oxygen atoms in total. The number of likely N-dealkylation sites (tertiary alicyclic amines) is 1. The van der Waals surface area contributed by atoms with Gasteiger partial charge in [0.2, 0.25) is 5.91 Å². The number of likely N-dealkylation sites (N-methyl/N-ethyl adjacent to an activating group) is 1. The van der Waals surface area contributed by atoms with Crippen molar-refractivity contribution in [1.29, 1.82) is 0 Å². The van der Waals surface area contributed by atoms with Crippen LogP contribution < -0.4 is 5.73 Å². The van der Waals surface area contributed by atoms with Crippen LogP contribution in [0.15, 0.2) is 0 Å². The van der Waals surface area contributed by atoms with Gasteiger partial charge in [-0.25, -0.2) is 0 Å². The van der Waals surface area contributed by atoms with E-state index in [1.165, 1.54) is 6.42 Å². The quantitative estimate of drug-likeness (QED) is 0.647. The van der Waals surface area contributed by atoms with Crippen LogP contribution >= 0.6 is 0 Å². The lowest BCUT2D eigenvalue weighted by Crippen LogP contribution is -2.48. The third-order valence-corrected chi connectivity index (χ3v) is 2.97. The smallest absolute Gasteiger partial charge is 0.248 e. The largest absolute Gasteiger partial charge is 0.370 e. The molecule has 0 aromatic heterocycles. The Kier molecular flexibility index (Phi) is 5.73. The van der Waals surface area contributed by atoms with Gasteiger partial charge in [-0.05, 0) is 26.9 Å². The number of ether oxygens (including phenoxy) is 1. The van der Waals surface area contributed by atoms with E-state index >= 15 is 0 Å². The van der Waals surface area contributed by atoms with Crippen molar-refractivity contribution in [3.8, 4) is 0 Å². The van der Waals surface area contributed by atoms with E-state index in [2.05, 4.69) is 19.0 Å². The molecule has 0 aliphatic carbocycles. The number of amides is 1. The van der Waals surface area contributed by atoms with Crippen LogP contribution in [0.3, 0.4) is 0 Å². The van der Waals surface area contributed by atoms with E-state index in [-0.39, 0.29) is 12.5 Å². The van der Waals surface area contributed by atoms with Gasteiger partial charge in [-0.1, -0.05) is 0 Å². The van der Waals surface area contributed by atoms with Crippen molar-refractivity contribution in [3.05, 3.63) is 0 Å². The third kappa shape index (κ3) is 4.08. The number of nitrogens with two attached hydrogens (primary N) is 1. The number of carbonyl (C=O) groups is 1. The van der Waals surface area contributed by atoms with E-state index in [0.717, 1.165) is 19.5 Å². The van der Waals surface area contributed by atoms with Crippen LogP contribution in [-0.2, 0) is 9.53 Å². The summed E-state index contributed by atoms with van der Waals surface area (Å²) < 4.78 is 5.16. The molecule has 2 N–H and O–H groups in total. The summed E-state index contributed by atoms with van der Waals surface area (Å²) in [5, 5.41) is 0. The molecule has 0 bridgehead atoms. The first-order chi connectivity index (χ1) is 7.65. The molecular formula is C11H23N3O2. The van der Waals surface area contributed by atoms with Crippen LogP contribution in [0.4, 0.5) is 0 Å². The lowest BCUT2D eigenvalue weighted by molar-refractivity contribution is -0.138. The molecule has 0 radical (unpaired) electrons. The fraction of sp³-hybridized carbons (Fsp3) is 0.909. The second kappa shape index (κ2) is 6.83. The lowest BCUT2D eigenvalue weighted by atomic mass is 10.1. The molecule has 0 aromatic carbocycles. The first-order valence-corrected chi connectivity index (χ1v) is 5.87. The summed E-state index contributed by atoms with van der Waals surface area (Å²) in [6.45, 7) is 2.76. The number of nitrogens with zero attached hydrogens (tertiary/aromatic N) is 2. The molecule has 1 saturated heterocycles. The van der Waals surface area contributed by atoms with Gasteiger partial charge >= 0.3 is 0 Å². The Bertz CT molecular complexity index is 221. The Morgan fingerprint density at radius 1 is 1.56 bits per heavy atom. The Balaban J connectivity index is 2.32. The highest BCUT2D eigenvalue weighted by Crippen LogP contribution is 2.13. The van der Waals surface area contributed by atoms with Crippen LogP contribution in [0.1, 0.15) is 12.8 Å². The fourth-order valence-corrected chi connectivity index (χ4v) is 1.94. The minimum atomic E-state index is 0.0833. The molecular weight excluding hydrogens is 206 g/mol. The Morgan fingerprint density at radius 3 is 2.94 bits per heavy atom. The monoisotopic (exact) mass is 229 g/mol. The summed E-state index contributed by atoms with van der Waals surface area (Å²) in [7, 11) is 4.12. The van der Waals surface area contributed by atoms with Crippen molar-refractivity contribution in [1.82, 2.24) is 9.80 Å². The summed E-state index contributed by atoms with van der Waals surface area (Å²) >= 11 is 0. The van der Waals surface area contributed by atoms with Crippen LogP contribution in [-0.4, -0.2) is 68.7 Å². The van der Waals surface area contributed by atoms with Crippen molar-refractivity contribution < 1.29 is 9.53 Å². The van der Waals surface area contributed by atoms with Gasteiger partial charge in [-0.15, -0.1) is 0 Å². The summed E-state index contributed by atoms with van der Waals surface area (Å²) in [5.41, 5.74) is 5.30. The zero-order valence-corrected chi connectivity index (χ0v) is 10.3. The predicted octanol–water partition coefficient (Wildman–Crippen LogP) is -0.486. The average molecular weight is 229 g/mol. The van der Waals surface area contributed by atoms with Crippen molar-refractivity contribution in [2.75, 3.05) is 46.9 Å². The highest BCUT2D eigenvalue weighted by molar-refractivity contribution is 5.77. The van der Waals surface area contributed by atoms with Gasteiger partial charge in [0, 0.05) is 25.7 Å². The molecule has 94 valence electrons. The van der Waals surface area contributed by atoms with Crippen LogP contribution in [0.5, 0.6) is 0 Å². The normalized spacial score (nSPS) is 21.5. The summed E-state index contributed by atoms with van der Waals surface area (Å²) in [6.07, 6.45) is 2.24. The highest BCUT2D eigenvalue weighted by atomic mass is 16.5. The van der Waals surface area contributed by atoms with Gasteiger partial charge in [0.25, 0.3) is 0 Å². The van der Waals surface area contributed by atoms with E-state index < -0.39 is 0 Å². The molecule has 5 heteroatoms. The maximum Gasteiger partial charge on any atom is 0.248 e. The predicted molar refractivity (Wildman–Crippen MR) is 63.2 cm³/mol. The second-order valence-electron chi connectivity index (χ2n) is 4.44. The Labute approximate surface area is 97.5 Å². The molecule has 1 atom stereocenters. The van der Waals surface area contributed by atoms with Gasteiger partial charge in [0.05, 0.1) is 6.61 Å².